The van der Waals surface area contributed by atoms with E-state index in [0.717, 1.165) is 0 Å². The number of nitro groups is 1. The number of nitro benzene ring substituents is 1. The Morgan fingerprint density at radius 3 is 2.46 bits per heavy atom. The molecule has 2 rings (SSSR count). The second-order valence-electron chi connectivity index (χ2n) is 4.79. The van der Waals surface area contributed by atoms with E-state index in [9.17, 15) is 14.9 Å². The Morgan fingerprint density at radius 1 is 1.08 bits per heavy atom. The Kier molecular flexibility index (Phi) is 5.73. The van der Waals surface area contributed by atoms with Crippen LogP contribution in [0.25, 0.3) is 0 Å². The molecular formula is C17H18N2O5. The van der Waals surface area contributed by atoms with Crippen molar-refractivity contribution in [3.63, 3.8) is 0 Å². The smallest absolute Gasteiger partial charge is 0.270 e. The number of nitrogens with zero attached hydrogens (tertiary/aromatic N) is 1. The maximum Gasteiger partial charge on any atom is 0.270 e. The van der Waals surface area contributed by atoms with Crippen LogP contribution in [0, 0.1) is 10.1 Å². The molecule has 7 nitrogen and oxygen atoms in total. The van der Waals surface area contributed by atoms with Crippen molar-refractivity contribution in [1.82, 2.24) is 0 Å². The Balaban J connectivity index is 2.20. The number of hydrogen-bond donors (Lipinski definition) is 1. The van der Waals surface area contributed by atoms with Crippen LogP contribution in [-0.2, 0) is 0 Å². The third-order valence-electron chi connectivity index (χ3n) is 3.12. The number of amides is 1. The van der Waals surface area contributed by atoms with Crippen LogP contribution in [-0.4, -0.2) is 24.0 Å². The first-order valence-corrected chi connectivity index (χ1v) is 7.50. The lowest BCUT2D eigenvalue weighted by molar-refractivity contribution is -0.384. The highest BCUT2D eigenvalue weighted by Gasteiger charge is 2.13. The third-order valence-corrected chi connectivity index (χ3v) is 3.12. The molecule has 0 unspecified atom stereocenters. The van der Waals surface area contributed by atoms with Gasteiger partial charge < -0.3 is 14.8 Å². The van der Waals surface area contributed by atoms with E-state index in [1.807, 2.05) is 13.8 Å². The monoisotopic (exact) mass is 330 g/mol. The number of benzene rings is 2. The largest absolute Gasteiger partial charge is 0.490 e. The average molecular weight is 330 g/mol. The summed E-state index contributed by atoms with van der Waals surface area (Å²) in [5.74, 6) is 0.675. The molecule has 0 heterocycles. The molecule has 0 spiro atoms. The molecule has 1 amide bonds. The van der Waals surface area contributed by atoms with Crippen molar-refractivity contribution in [1.29, 1.82) is 0 Å². The van der Waals surface area contributed by atoms with E-state index in [0.29, 0.717) is 30.4 Å². The van der Waals surface area contributed by atoms with Gasteiger partial charge in [-0.25, -0.2) is 0 Å². The van der Waals surface area contributed by atoms with Gasteiger partial charge in [-0.3, -0.25) is 14.9 Å². The molecule has 0 atom stereocenters. The zero-order valence-electron chi connectivity index (χ0n) is 13.4. The van der Waals surface area contributed by atoms with Gasteiger partial charge in [0.2, 0.25) is 0 Å². The summed E-state index contributed by atoms with van der Waals surface area (Å²) in [6, 6.07) is 10.6. The zero-order valence-corrected chi connectivity index (χ0v) is 13.4. The van der Waals surface area contributed by atoms with Crippen LogP contribution < -0.4 is 14.8 Å². The molecule has 0 fully saturated rings. The van der Waals surface area contributed by atoms with E-state index in [-0.39, 0.29) is 11.3 Å². The summed E-state index contributed by atoms with van der Waals surface area (Å²) in [6.07, 6.45) is 0. The molecular weight excluding hydrogens is 312 g/mol. The van der Waals surface area contributed by atoms with Gasteiger partial charge in [0.15, 0.2) is 11.5 Å². The number of rotatable bonds is 7. The predicted octanol–water partition coefficient (Wildman–Crippen LogP) is 3.64. The lowest BCUT2D eigenvalue weighted by Crippen LogP contribution is -2.12. The Labute approximate surface area is 139 Å². The van der Waals surface area contributed by atoms with E-state index >= 15 is 0 Å². The summed E-state index contributed by atoms with van der Waals surface area (Å²) in [4.78, 5) is 22.5. The van der Waals surface area contributed by atoms with Crippen LogP contribution in [0.3, 0.4) is 0 Å². The number of nitrogens with one attached hydrogen (secondary N) is 1. The van der Waals surface area contributed by atoms with Crippen LogP contribution >= 0.6 is 0 Å². The van der Waals surface area contributed by atoms with Gasteiger partial charge in [-0.05, 0) is 32.0 Å². The van der Waals surface area contributed by atoms with Crippen molar-refractivity contribution in [3.8, 4) is 11.5 Å². The van der Waals surface area contributed by atoms with Crippen molar-refractivity contribution >= 4 is 17.3 Å². The summed E-state index contributed by atoms with van der Waals surface area (Å²) in [6.45, 7) is 4.68. The van der Waals surface area contributed by atoms with Gasteiger partial charge >= 0.3 is 0 Å². The minimum Gasteiger partial charge on any atom is -0.490 e. The molecule has 0 aromatic heterocycles. The van der Waals surface area contributed by atoms with Gasteiger partial charge in [0, 0.05) is 29.4 Å². The number of carbonyl (C=O) groups excluding carboxylic acids is 1. The van der Waals surface area contributed by atoms with Crippen molar-refractivity contribution < 1.29 is 19.2 Å². The lowest BCUT2D eigenvalue weighted by atomic mass is 10.2. The number of non-ortho nitro benzene ring substituents is 1. The summed E-state index contributed by atoms with van der Waals surface area (Å²) >= 11 is 0. The standard InChI is InChI=1S/C17H18N2O5/c1-3-23-15-9-8-13(11-16(15)24-4-2)18-17(20)12-6-5-7-14(10-12)19(21)22/h5-11H,3-4H2,1-2H3,(H,18,20). The first-order chi connectivity index (χ1) is 11.5. The molecule has 2 aromatic rings. The fourth-order valence-corrected chi connectivity index (χ4v) is 2.09. The van der Waals surface area contributed by atoms with Gasteiger partial charge in [-0.15, -0.1) is 0 Å². The number of anilines is 1. The second kappa shape index (κ2) is 7.96. The van der Waals surface area contributed by atoms with Crippen LogP contribution in [0.5, 0.6) is 11.5 Å². The normalized spacial score (nSPS) is 10.1. The summed E-state index contributed by atoms with van der Waals surface area (Å²) < 4.78 is 11.0. The van der Waals surface area contributed by atoms with E-state index in [1.54, 1.807) is 18.2 Å². The van der Waals surface area contributed by atoms with Gasteiger partial charge in [0.05, 0.1) is 18.1 Å². The van der Waals surface area contributed by atoms with Crippen LogP contribution in [0.15, 0.2) is 42.5 Å². The number of hydrogen-bond acceptors (Lipinski definition) is 5. The predicted molar refractivity (Wildman–Crippen MR) is 89.8 cm³/mol. The molecule has 126 valence electrons. The van der Waals surface area contributed by atoms with Crippen molar-refractivity contribution in [2.75, 3.05) is 18.5 Å². The molecule has 0 radical (unpaired) electrons. The fourth-order valence-electron chi connectivity index (χ4n) is 2.09. The first-order valence-electron chi connectivity index (χ1n) is 7.50. The van der Waals surface area contributed by atoms with Gasteiger partial charge in [-0.2, -0.15) is 0 Å². The van der Waals surface area contributed by atoms with E-state index in [4.69, 9.17) is 9.47 Å². The molecule has 0 aliphatic carbocycles. The molecule has 2 aromatic carbocycles. The van der Waals surface area contributed by atoms with Gasteiger partial charge in [0.1, 0.15) is 0 Å². The SMILES string of the molecule is CCOc1ccc(NC(=O)c2cccc([N+](=O)[O-])c2)cc1OCC. The third kappa shape index (κ3) is 4.22. The molecule has 7 heteroatoms. The Morgan fingerprint density at radius 2 is 1.79 bits per heavy atom. The first kappa shape index (κ1) is 17.3. The highest BCUT2D eigenvalue weighted by molar-refractivity contribution is 6.04. The van der Waals surface area contributed by atoms with E-state index in [2.05, 4.69) is 5.32 Å². The number of carbonyl (C=O) groups is 1. The molecule has 24 heavy (non-hydrogen) atoms. The zero-order chi connectivity index (χ0) is 17.5. The minimum absolute atomic E-state index is 0.135. The topological polar surface area (TPSA) is 90.7 Å². The van der Waals surface area contributed by atoms with Gasteiger partial charge in [-0.1, -0.05) is 6.07 Å². The second-order valence-corrected chi connectivity index (χ2v) is 4.79. The molecule has 0 aliphatic rings. The molecule has 0 saturated heterocycles. The Hall–Kier alpha value is -3.09. The maximum atomic E-state index is 12.3. The molecule has 0 saturated carbocycles. The van der Waals surface area contributed by atoms with Crippen LogP contribution in [0.4, 0.5) is 11.4 Å². The number of ether oxygens (including phenoxy) is 2. The molecule has 0 aliphatic heterocycles. The summed E-state index contributed by atoms with van der Waals surface area (Å²) in [5.41, 5.74) is 0.582. The minimum atomic E-state index is -0.541. The maximum absolute atomic E-state index is 12.3. The summed E-state index contributed by atoms with van der Waals surface area (Å²) in [5, 5.41) is 13.5. The van der Waals surface area contributed by atoms with Crippen LogP contribution in [0.2, 0.25) is 0 Å². The van der Waals surface area contributed by atoms with Crippen molar-refractivity contribution in [3.05, 3.63) is 58.1 Å². The summed E-state index contributed by atoms with van der Waals surface area (Å²) in [7, 11) is 0. The quantitative estimate of drug-likeness (QED) is 0.618. The average Bonchev–Trinajstić information content (AvgIpc) is 2.57. The van der Waals surface area contributed by atoms with E-state index < -0.39 is 10.8 Å². The highest BCUT2D eigenvalue weighted by Crippen LogP contribution is 2.30. The van der Waals surface area contributed by atoms with Crippen molar-refractivity contribution in [2.24, 2.45) is 0 Å². The van der Waals surface area contributed by atoms with Gasteiger partial charge in [0.25, 0.3) is 11.6 Å². The molecule has 0 bridgehead atoms. The van der Waals surface area contributed by atoms with Crippen molar-refractivity contribution in [2.45, 2.75) is 13.8 Å². The Bertz CT molecular complexity index is 746. The lowest BCUT2D eigenvalue weighted by Gasteiger charge is -2.13. The fraction of sp³-hybridized carbons (Fsp3) is 0.235. The molecule has 1 N–H and O–H groups in total. The van der Waals surface area contributed by atoms with E-state index in [1.165, 1.54) is 24.3 Å². The van der Waals surface area contributed by atoms with Crippen LogP contribution in [0.1, 0.15) is 24.2 Å². The highest BCUT2D eigenvalue weighted by atomic mass is 16.6.